The van der Waals surface area contributed by atoms with Gasteiger partial charge in [0.1, 0.15) is 27.0 Å². The zero-order valence-corrected chi connectivity index (χ0v) is 18.1. The van der Waals surface area contributed by atoms with E-state index in [1.54, 1.807) is 91.0 Å². The third-order valence-corrected chi connectivity index (χ3v) is 10.3. The highest BCUT2D eigenvalue weighted by atomic mass is 32.6. The van der Waals surface area contributed by atoms with Gasteiger partial charge in [-0.2, -0.15) is 0 Å². The fourth-order valence-electron chi connectivity index (χ4n) is 2.46. The number of para-hydroxylation sites is 3. The van der Waals surface area contributed by atoms with Crippen molar-refractivity contribution in [1.29, 1.82) is 0 Å². The summed E-state index contributed by atoms with van der Waals surface area (Å²) in [5.41, 5.74) is 0. The summed E-state index contributed by atoms with van der Waals surface area (Å²) in [7, 11) is -4.19. The van der Waals surface area contributed by atoms with Crippen LogP contribution in [0.25, 0.3) is 0 Å². The number of thiol groups is 1. The molecule has 9 nitrogen and oxygen atoms in total. The first-order valence-electron chi connectivity index (χ1n) is 8.98. The van der Waals surface area contributed by atoms with E-state index in [9.17, 15) is 14.4 Å². The van der Waals surface area contributed by atoms with Crippen LogP contribution in [0.5, 0.6) is 17.2 Å². The number of benzene rings is 3. The molecule has 0 heterocycles. The third kappa shape index (κ3) is 5.17. The molecule has 0 radical (unpaired) electrons. The van der Waals surface area contributed by atoms with E-state index in [0.717, 1.165) is 0 Å². The van der Waals surface area contributed by atoms with E-state index < -0.39 is 16.5 Å². The van der Waals surface area contributed by atoms with Crippen LogP contribution in [0.4, 0.5) is 0 Å². The molecule has 0 saturated carbocycles. The van der Waals surface area contributed by atoms with Crippen molar-refractivity contribution in [2.24, 2.45) is 13.2 Å². The van der Waals surface area contributed by atoms with E-state index in [1.807, 2.05) is 0 Å². The van der Waals surface area contributed by atoms with Gasteiger partial charge in [0.05, 0.1) is 0 Å². The van der Waals surface area contributed by atoms with Gasteiger partial charge in [0.15, 0.2) is 0 Å². The Balaban J connectivity index is 2.46. The van der Waals surface area contributed by atoms with Gasteiger partial charge >= 0.3 is 6.72 Å². The Labute approximate surface area is 184 Å². The van der Waals surface area contributed by atoms with Gasteiger partial charge in [-0.25, -0.2) is 14.4 Å². The second-order valence-electron chi connectivity index (χ2n) is 5.79. The lowest BCUT2D eigenvalue weighted by Crippen LogP contribution is -2.18. The number of hydrogen-bond acceptors (Lipinski definition) is 6. The standard InChI is InChI=1S/C21H16N3O6PS/c25-16-22-32(23-17-26,24-18-27)31(28-19-10-4-1-5-11-19,29-20-12-6-2-7-13-20)30-21-14-8-3-9-15-21/h1-15,32H. The molecular formula is C21H16N3O6PS. The van der Waals surface area contributed by atoms with Crippen LogP contribution in [0.15, 0.2) is 104 Å². The van der Waals surface area contributed by atoms with Crippen molar-refractivity contribution in [1.82, 2.24) is 0 Å². The normalized spacial score (nSPS) is 11.0. The molecule has 0 bridgehead atoms. The number of nitrogens with zero attached hydrogens (tertiary/aromatic N) is 3. The maximum Gasteiger partial charge on any atom is 0.484 e. The van der Waals surface area contributed by atoms with Crippen LogP contribution in [0.3, 0.4) is 0 Å². The topological polar surface area (TPSA) is 116 Å². The average molecular weight is 469 g/mol. The van der Waals surface area contributed by atoms with Gasteiger partial charge in [0.2, 0.25) is 18.2 Å². The van der Waals surface area contributed by atoms with Crippen LogP contribution < -0.4 is 13.6 Å². The van der Waals surface area contributed by atoms with Crippen molar-refractivity contribution < 1.29 is 28.0 Å². The summed E-state index contributed by atoms with van der Waals surface area (Å²) in [4.78, 5) is 34.1. The number of rotatable bonds is 9. The van der Waals surface area contributed by atoms with E-state index in [0.29, 0.717) is 0 Å². The fourth-order valence-corrected chi connectivity index (χ4v) is 8.00. The molecule has 3 aromatic rings. The highest BCUT2D eigenvalue weighted by Crippen LogP contribution is 2.59. The van der Waals surface area contributed by atoms with Crippen LogP contribution in [-0.4, -0.2) is 18.2 Å². The van der Waals surface area contributed by atoms with Crippen LogP contribution in [0.2, 0.25) is 0 Å². The number of hydrogen-bond donors (Lipinski definition) is 1. The Bertz CT molecular complexity index is 1120. The summed E-state index contributed by atoms with van der Waals surface area (Å²) in [6, 6.07) is 24.9. The molecule has 0 spiro atoms. The Morgan fingerprint density at radius 2 is 0.812 bits per heavy atom. The van der Waals surface area contributed by atoms with Gasteiger partial charge < -0.3 is 13.6 Å². The maximum absolute atomic E-state index is 11.4. The zero-order valence-electron chi connectivity index (χ0n) is 16.3. The molecule has 0 aliphatic heterocycles. The van der Waals surface area contributed by atoms with E-state index in [-0.39, 0.29) is 17.2 Å². The molecule has 0 fully saturated rings. The highest BCUT2D eigenvalue weighted by molar-refractivity contribution is 8.37. The van der Waals surface area contributed by atoms with Crippen LogP contribution in [-0.2, 0) is 24.1 Å². The first kappa shape index (κ1) is 22.7. The highest BCUT2D eigenvalue weighted by Gasteiger charge is 2.40. The van der Waals surface area contributed by atoms with Crippen molar-refractivity contribution in [3.63, 3.8) is 0 Å². The predicted molar refractivity (Wildman–Crippen MR) is 121 cm³/mol. The second-order valence-corrected chi connectivity index (χ2v) is 12.0. The minimum atomic E-state index is -4.19. The minimum Gasteiger partial charge on any atom is -0.409 e. The molecular weight excluding hydrogens is 453 g/mol. The molecule has 0 aliphatic rings. The smallest absolute Gasteiger partial charge is 0.409 e. The monoisotopic (exact) mass is 469 g/mol. The van der Waals surface area contributed by atoms with Crippen molar-refractivity contribution in [2.45, 2.75) is 0 Å². The molecule has 0 aromatic heterocycles. The Morgan fingerprint density at radius 1 is 0.531 bits per heavy atom. The van der Waals surface area contributed by atoms with Gasteiger partial charge in [-0.3, -0.25) is 0 Å². The summed E-state index contributed by atoms with van der Waals surface area (Å²) >= 11 is 0. The lowest BCUT2D eigenvalue weighted by atomic mass is 10.3. The predicted octanol–water partition coefficient (Wildman–Crippen LogP) is 4.54. The van der Waals surface area contributed by atoms with Crippen molar-refractivity contribution in [2.75, 3.05) is 0 Å². The zero-order chi connectivity index (χ0) is 22.7. The first-order chi connectivity index (χ1) is 15.7. The van der Waals surface area contributed by atoms with E-state index in [4.69, 9.17) is 13.6 Å². The molecule has 3 rings (SSSR count). The van der Waals surface area contributed by atoms with E-state index in [2.05, 4.69) is 13.2 Å². The summed E-state index contributed by atoms with van der Waals surface area (Å²) in [5.74, 6) is 0.709. The maximum atomic E-state index is 11.4. The number of isocyanates is 3. The second kappa shape index (κ2) is 10.8. The molecule has 0 saturated heterocycles. The van der Waals surface area contributed by atoms with E-state index in [1.165, 1.54) is 18.2 Å². The van der Waals surface area contributed by atoms with Crippen molar-refractivity contribution in [3.05, 3.63) is 91.0 Å². The Kier molecular flexibility index (Phi) is 7.68. The molecule has 0 unspecified atom stereocenters. The quantitative estimate of drug-likeness (QED) is 0.213. The molecule has 0 aliphatic carbocycles. The molecule has 32 heavy (non-hydrogen) atoms. The third-order valence-electron chi connectivity index (χ3n) is 3.75. The van der Waals surface area contributed by atoms with Crippen LogP contribution >= 0.6 is 6.72 Å². The Hall–Kier alpha value is -4.02. The lowest BCUT2D eigenvalue weighted by Gasteiger charge is -2.31. The van der Waals surface area contributed by atoms with Gasteiger partial charge in [-0.15, -0.1) is 13.2 Å². The summed E-state index contributed by atoms with van der Waals surface area (Å²) in [6.07, 6.45) is 3.92. The minimum absolute atomic E-state index is 0.236. The SMILES string of the molecule is O=C=N[SH](N=C=O)(N=C=O)=P(Oc1ccccc1)(Oc1ccccc1)Oc1ccccc1. The molecule has 11 heteroatoms. The molecule has 162 valence electrons. The van der Waals surface area contributed by atoms with E-state index >= 15 is 0 Å². The number of carbonyl (C=O) groups excluding carboxylic acids is 3. The van der Waals surface area contributed by atoms with Crippen molar-refractivity contribution >= 4 is 34.7 Å². The molecule has 0 amide bonds. The van der Waals surface area contributed by atoms with Gasteiger partial charge in [-0.05, 0) is 36.4 Å². The molecule has 3 aromatic carbocycles. The summed E-state index contributed by atoms with van der Waals surface area (Å²) in [5, 5.41) is 0. The Morgan fingerprint density at radius 3 is 1.06 bits per heavy atom. The molecule has 0 atom stereocenters. The van der Waals surface area contributed by atoms with Gasteiger partial charge in [-0.1, -0.05) is 54.6 Å². The van der Waals surface area contributed by atoms with Crippen LogP contribution in [0.1, 0.15) is 0 Å². The molecule has 0 N–H and O–H groups in total. The van der Waals surface area contributed by atoms with Crippen molar-refractivity contribution in [3.8, 4) is 17.2 Å². The fraction of sp³-hybridized carbons (Fsp3) is 0. The summed E-state index contributed by atoms with van der Waals surface area (Å²) < 4.78 is 29.2. The van der Waals surface area contributed by atoms with Gasteiger partial charge in [0.25, 0.3) is 0 Å². The largest absolute Gasteiger partial charge is 0.484 e. The lowest BCUT2D eigenvalue weighted by molar-refractivity contribution is 0.382. The van der Waals surface area contributed by atoms with Crippen LogP contribution in [0, 0.1) is 0 Å². The average Bonchev–Trinajstić information content (AvgIpc) is 2.81. The first-order valence-corrected chi connectivity index (χ1v) is 12.9. The summed E-state index contributed by atoms with van der Waals surface area (Å²) in [6.45, 7) is -4.13. The van der Waals surface area contributed by atoms with Gasteiger partial charge in [0, 0.05) is 0 Å².